The van der Waals surface area contributed by atoms with Crippen LogP contribution in [0.3, 0.4) is 0 Å². The first-order valence-corrected chi connectivity index (χ1v) is 8.66. The molecule has 0 bridgehead atoms. The molecular weight excluding hydrogens is 329 g/mol. The van der Waals surface area contributed by atoms with Gasteiger partial charge in [0.25, 0.3) is 0 Å². The van der Waals surface area contributed by atoms with Gasteiger partial charge in [0.05, 0.1) is 10.0 Å². The van der Waals surface area contributed by atoms with Crippen LogP contribution in [-0.4, -0.2) is 6.54 Å². The second-order valence-corrected chi connectivity index (χ2v) is 6.86. The molecule has 4 heteroatoms. The van der Waals surface area contributed by atoms with Crippen LogP contribution in [0, 0.1) is 5.92 Å². The number of rotatable bonds is 8. The summed E-state index contributed by atoms with van der Waals surface area (Å²) in [7, 11) is 0. The highest BCUT2D eigenvalue weighted by molar-refractivity contribution is 6.42. The highest BCUT2D eigenvalue weighted by Gasteiger charge is 2.02. The standard InChI is InChI=1S/C19H23Cl2NO/c1-14(2)8-9-22-12-15-4-3-5-17(10-15)23-13-16-6-7-18(20)19(21)11-16/h3-7,10-11,14,22H,8-9,12-13H2,1-2H3. The third-order valence-corrected chi connectivity index (χ3v) is 4.25. The third kappa shape index (κ3) is 6.42. The molecule has 0 atom stereocenters. The lowest BCUT2D eigenvalue weighted by Gasteiger charge is -2.10. The topological polar surface area (TPSA) is 21.3 Å². The molecule has 0 radical (unpaired) electrons. The Balaban J connectivity index is 1.85. The van der Waals surface area contributed by atoms with E-state index in [0.29, 0.717) is 16.7 Å². The number of hydrogen-bond donors (Lipinski definition) is 1. The van der Waals surface area contributed by atoms with Crippen molar-refractivity contribution in [3.05, 3.63) is 63.6 Å². The summed E-state index contributed by atoms with van der Waals surface area (Å²) in [5.41, 5.74) is 2.22. The SMILES string of the molecule is CC(C)CCNCc1cccc(OCc2ccc(Cl)c(Cl)c2)c1. The van der Waals surface area contributed by atoms with E-state index in [4.69, 9.17) is 27.9 Å². The Hall–Kier alpha value is -1.22. The summed E-state index contributed by atoms with van der Waals surface area (Å²) in [6.45, 7) is 6.84. The van der Waals surface area contributed by atoms with Gasteiger partial charge in [0, 0.05) is 6.54 Å². The Morgan fingerprint density at radius 3 is 2.57 bits per heavy atom. The van der Waals surface area contributed by atoms with Gasteiger partial charge >= 0.3 is 0 Å². The van der Waals surface area contributed by atoms with Crippen molar-refractivity contribution in [1.29, 1.82) is 0 Å². The maximum absolute atomic E-state index is 6.02. The average Bonchev–Trinajstić information content (AvgIpc) is 2.53. The molecule has 2 aromatic rings. The molecule has 0 aliphatic carbocycles. The van der Waals surface area contributed by atoms with Crippen LogP contribution in [0.15, 0.2) is 42.5 Å². The molecule has 0 fully saturated rings. The number of ether oxygens (including phenoxy) is 1. The van der Waals surface area contributed by atoms with Crippen molar-refractivity contribution >= 4 is 23.2 Å². The minimum absolute atomic E-state index is 0.473. The Bertz CT molecular complexity index is 629. The Labute approximate surface area is 148 Å². The molecule has 0 spiro atoms. The molecule has 2 rings (SSSR count). The highest BCUT2D eigenvalue weighted by Crippen LogP contribution is 2.23. The lowest BCUT2D eigenvalue weighted by molar-refractivity contribution is 0.306. The summed E-state index contributed by atoms with van der Waals surface area (Å²) in [4.78, 5) is 0. The number of nitrogens with one attached hydrogen (secondary N) is 1. The monoisotopic (exact) mass is 351 g/mol. The second-order valence-electron chi connectivity index (χ2n) is 6.04. The molecule has 0 aromatic heterocycles. The van der Waals surface area contributed by atoms with Gasteiger partial charge in [-0.3, -0.25) is 0 Å². The fraction of sp³-hybridized carbons (Fsp3) is 0.368. The molecule has 23 heavy (non-hydrogen) atoms. The van der Waals surface area contributed by atoms with Gasteiger partial charge in [0.15, 0.2) is 0 Å². The Morgan fingerprint density at radius 2 is 1.83 bits per heavy atom. The lowest BCUT2D eigenvalue weighted by Crippen LogP contribution is -2.16. The molecule has 124 valence electrons. The first-order valence-electron chi connectivity index (χ1n) is 7.91. The van der Waals surface area contributed by atoms with Crippen LogP contribution in [0.2, 0.25) is 10.0 Å². The average molecular weight is 352 g/mol. The number of halogens is 2. The molecule has 0 heterocycles. The summed E-state index contributed by atoms with van der Waals surface area (Å²) in [6.07, 6.45) is 1.19. The summed E-state index contributed by atoms with van der Waals surface area (Å²) in [5, 5.41) is 4.57. The van der Waals surface area contributed by atoms with Gasteiger partial charge in [-0.15, -0.1) is 0 Å². The van der Waals surface area contributed by atoms with Crippen LogP contribution >= 0.6 is 23.2 Å². The molecule has 2 aromatic carbocycles. The van der Waals surface area contributed by atoms with E-state index in [0.717, 1.165) is 30.3 Å². The Kier molecular flexibility index (Phi) is 7.22. The van der Waals surface area contributed by atoms with Gasteiger partial charge < -0.3 is 10.1 Å². The zero-order valence-electron chi connectivity index (χ0n) is 13.6. The molecule has 0 saturated carbocycles. The van der Waals surface area contributed by atoms with E-state index in [1.54, 1.807) is 6.07 Å². The first kappa shape index (κ1) is 18.1. The fourth-order valence-electron chi connectivity index (χ4n) is 2.16. The number of hydrogen-bond acceptors (Lipinski definition) is 2. The van der Waals surface area contributed by atoms with Crippen LogP contribution in [-0.2, 0) is 13.2 Å². The van der Waals surface area contributed by atoms with E-state index in [2.05, 4.69) is 31.3 Å². The molecule has 0 unspecified atom stereocenters. The predicted octanol–water partition coefficient (Wildman–Crippen LogP) is 5.71. The maximum Gasteiger partial charge on any atom is 0.120 e. The molecule has 0 saturated heterocycles. The van der Waals surface area contributed by atoms with E-state index in [1.807, 2.05) is 24.3 Å². The van der Waals surface area contributed by atoms with Gasteiger partial charge in [-0.05, 0) is 54.3 Å². The van der Waals surface area contributed by atoms with E-state index in [1.165, 1.54) is 12.0 Å². The molecule has 0 aliphatic rings. The van der Waals surface area contributed by atoms with Gasteiger partial charge in [-0.25, -0.2) is 0 Å². The van der Waals surface area contributed by atoms with Crippen LogP contribution in [0.4, 0.5) is 0 Å². The molecule has 0 aliphatic heterocycles. The zero-order chi connectivity index (χ0) is 16.7. The van der Waals surface area contributed by atoms with Gasteiger partial charge in [0.1, 0.15) is 12.4 Å². The zero-order valence-corrected chi connectivity index (χ0v) is 15.1. The van der Waals surface area contributed by atoms with Crippen LogP contribution < -0.4 is 10.1 Å². The van der Waals surface area contributed by atoms with Crippen molar-refractivity contribution in [3.8, 4) is 5.75 Å². The van der Waals surface area contributed by atoms with Crippen molar-refractivity contribution in [2.45, 2.75) is 33.4 Å². The molecule has 0 amide bonds. The van der Waals surface area contributed by atoms with E-state index < -0.39 is 0 Å². The quantitative estimate of drug-likeness (QED) is 0.615. The molecular formula is C19H23Cl2NO. The predicted molar refractivity (Wildman–Crippen MR) is 98.4 cm³/mol. The fourth-order valence-corrected chi connectivity index (χ4v) is 2.49. The molecule has 2 nitrogen and oxygen atoms in total. The van der Waals surface area contributed by atoms with Crippen molar-refractivity contribution < 1.29 is 4.74 Å². The van der Waals surface area contributed by atoms with Crippen molar-refractivity contribution in [2.24, 2.45) is 5.92 Å². The van der Waals surface area contributed by atoms with Crippen molar-refractivity contribution in [3.63, 3.8) is 0 Å². The number of benzene rings is 2. The highest BCUT2D eigenvalue weighted by atomic mass is 35.5. The third-order valence-electron chi connectivity index (χ3n) is 3.52. The minimum atomic E-state index is 0.473. The first-order chi connectivity index (χ1) is 11.0. The van der Waals surface area contributed by atoms with Gasteiger partial charge in [0.2, 0.25) is 0 Å². The van der Waals surface area contributed by atoms with E-state index >= 15 is 0 Å². The van der Waals surface area contributed by atoms with Crippen molar-refractivity contribution in [1.82, 2.24) is 5.32 Å². The summed E-state index contributed by atoms with van der Waals surface area (Å²) in [6, 6.07) is 13.7. The summed E-state index contributed by atoms with van der Waals surface area (Å²) in [5.74, 6) is 1.59. The van der Waals surface area contributed by atoms with Crippen LogP contribution in [0.5, 0.6) is 5.75 Å². The smallest absolute Gasteiger partial charge is 0.120 e. The lowest BCUT2D eigenvalue weighted by atomic mass is 10.1. The minimum Gasteiger partial charge on any atom is -0.489 e. The maximum atomic E-state index is 6.02. The largest absolute Gasteiger partial charge is 0.489 e. The Morgan fingerprint density at radius 1 is 1.00 bits per heavy atom. The van der Waals surface area contributed by atoms with Crippen LogP contribution in [0.25, 0.3) is 0 Å². The van der Waals surface area contributed by atoms with Gasteiger partial charge in [-0.2, -0.15) is 0 Å². The summed E-state index contributed by atoms with van der Waals surface area (Å²) >= 11 is 11.9. The summed E-state index contributed by atoms with van der Waals surface area (Å²) < 4.78 is 5.84. The molecule has 1 N–H and O–H groups in total. The van der Waals surface area contributed by atoms with Crippen LogP contribution in [0.1, 0.15) is 31.4 Å². The van der Waals surface area contributed by atoms with E-state index in [9.17, 15) is 0 Å². The van der Waals surface area contributed by atoms with E-state index in [-0.39, 0.29) is 0 Å². The second kappa shape index (κ2) is 9.17. The normalized spacial score (nSPS) is 11.0. The van der Waals surface area contributed by atoms with Gasteiger partial charge in [-0.1, -0.05) is 55.2 Å². The van der Waals surface area contributed by atoms with Crippen molar-refractivity contribution in [2.75, 3.05) is 6.54 Å².